The zero-order valence-corrected chi connectivity index (χ0v) is 15.6. The molecule has 0 aliphatic carbocycles. The Balaban J connectivity index is 1.69. The van der Waals surface area contributed by atoms with Crippen LogP contribution in [0.15, 0.2) is 49.1 Å². The molecular formula is C19H18N6O3. The fourth-order valence-electron chi connectivity index (χ4n) is 2.87. The minimum Gasteiger partial charge on any atom is -0.493 e. The van der Waals surface area contributed by atoms with Crippen LogP contribution in [0.5, 0.6) is 17.2 Å². The molecule has 0 saturated heterocycles. The van der Waals surface area contributed by atoms with Gasteiger partial charge in [-0.25, -0.2) is 15.0 Å². The highest BCUT2D eigenvalue weighted by atomic mass is 16.5. The molecule has 28 heavy (non-hydrogen) atoms. The third-order valence-corrected chi connectivity index (χ3v) is 4.14. The van der Waals surface area contributed by atoms with Gasteiger partial charge < -0.3 is 19.5 Å². The minimum absolute atomic E-state index is 0.372. The molecule has 3 heterocycles. The normalized spacial score (nSPS) is 10.7. The van der Waals surface area contributed by atoms with Crippen LogP contribution in [0.4, 0.5) is 11.6 Å². The molecule has 0 fully saturated rings. The van der Waals surface area contributed by atoms with Gasteiger partial charge in [0.2, 0.25) is 17.6 Å². The van der Waals surface area contributed by atoms with E-state index in [1.807, 2.05) is 24.4 Å². The van der Waals surface area contributed by atoms with Crippen molar-refractivity contribution in [1.82, 2.24) is 24.5 Å². The average molecular weight is 378 g/mol. The molecule has 142 valence electrons. The van der Waals surface area contributed by atoms with Crippen LogP contribution in [0.3, 0.4) is 0 Å². The van der Waals surface area contributed by atoms with Gasteiger partial charge in [-0.05, 0) is 18.2 Å². The standard InChI is InChI=1S/C19H18N6O3/c1-26-14-9-13(10-15(27-2)16(14)28-3)23-18-21-11-22-19(24-18)25-8-6-12-5-4-7-20-17(12)25/h4-11H,1-3H3,(H,21,22,23,24). The number of methoxy groups -OCH3 is 3. The van der Waals surface area contributed by atoms with Crippen LogP contribution in [-0.4, -0.2) is 45.8 Å². The Morgan fingerprint density at radius 2 is 1.71 bits per heavy atom. The lowest BCUT2D eigenvalue weighted by molar-refractivity contribution is 0.324. The van der Waals surface area contributed by atoms with E-state index in [4.69, 9.17) is 14.2 Å². The number of aromatic nitrogens is 5. The molecule has 9 nitrogen and oxygen atoms in total. The highest BCUT2D eigenvalue weighted by Crippen LogP contribution is 2.40. The molecule has 0 atom stereocenters. The molecule has 4 aromatic rings. The highest BCUT2D eigenvalue weighted by Gasteiger charge is 2.14. The first-order valence-corrected chi connectivity index (χ1v) is 8.42. The molecule has 0 saturated carbocycles. The maximum absolute atomic E-state index is 5.38. The summed E-state index contributed by atoms with van der Waals surface area (Å²) in [4.78, 5) is 17.3. The molecule has 0 radical (unpaired) electrons. The summed E-state index contributed by atoms with van der Waals surface area (Å²) in [5, 5.41) is 4.15. The van der Waals surface area contributed by atoms with Crippen molar-refractivity contribution in [2.75, 3.05) is 26.6 Å². The van der Waals surface area contributed by atoms with Gasteiger partial charge in [-0.15, -0.1) is 0 Å². The molecule has 0 spiro atoms. The first-order valence-electron chi connectivity index (χ1n) is 8.42. The van der Waals surface area contributed by atoms with Gasteiger partial charge in [0, 0.05) is 35.6 Å². The van der Waals surface area contributed by atoms with Crippen LogP contribution in [0.1, 0.15) is 0 Å². The van der Waals surface area contributed by atoms with Crippen molar-refractivity contribution < 1.29 is 14.2 Å². The third-order valence-electron chi connectivity index (χ3n) is 4.14. The van der Waals surface area contributed by atoms with Crippen molar-refractivity contribution in [3.05, 3.63) is 49.1 Å². The fraction of sp³-hybridized carbons (Fsp3) is 0.158. The molecule has 0 bridgehead atoms. The van der Waals surface area contributed by atoms with Gasteiger partial charge in [-0.2, -0.15) is 4.98 Å². The second-order valence-electron chi connectivity index (χ2n) is 5.75. The molecule has 3 aromatic heterocycles. The number of ether oxygens (including phenoxy) is 3. The third kappa shape index (κ3) is 3.13. The molecule has 0 aliphatic rings. The Morgan fingerprint density at radius 1 is 0.929 bits per heavy atom. The van der Waals surface area contributed by atoms with Crippen molar-refractivity contribution >= 4 is 22.7 Å². The monoisotopic (exact) mass is 378 g/mol. The second-order valence-corrected chi connectivity index (χ2v) is 5.75. The van der Waals surface area contributed by atoms with Crippen molar-refractivity contribution in [3.63, 3.8) is 0 Å². The molecule has 9 heteroatoms. The van der Waals surface area contributed by atoms with E-state index in [-0.39, 0.29) is 0 Å². The predicted octanol–water partition coefficient (Wildman–Crippen LogP) is 2.98. The Bertz CT molecular complexity index is 1100. The van der Waals surface area contributed by atoms with Gasteiger partial charge in [0.25, 0.3) is 0 Å². The number of hydrogen-bond donors (Lipinski definition) is 1. The van der Waals surface area contributed by atoms with Crippen LogP contribution in [-0.2, 0) is 0 Å². The molecular weight excluding hydrogens is 360 g/mol. The molecule has 0 unspecified atom stereocenters. The zero-order chi connectivity index (χ0) is 19.5. The Kier molecular flexibility index (Phi) is 4.63. The lowest BCUT2D eigenvalue weighted by Gasteiger charge is -2.14. The van der Waals surface area contributed by atoms with E-state index in [0.29, 0.717) is 34.8 Å². The lowest BCUT2D eigenvalue weighted by Crippen LogP contribution is -2.05. The van der Waals surface area contributed by atoms with E-state index in [9.17, 15) is 0 Å². The lowest BCUT2D eigenvalue weighted by atomic mass is 10.2. The summed E-state index contributed by atoms with van der Waals surface area (Å²) in [6.45, 7) is 0. The number of fused-ring (bicyclic) bond motifs is 1. The summed E-state index contributed by atoms with van der Waals surface area (Å²) < 4.78 is 17.9. The fourth-order valence-corrected chi connectivity index (χ4v) is 2.87. The first kappa shape index (κ1) is 17.5. The number of benzene rings is 1. The topological polar surface area (TPSA) is 96.2 Å². The second kappa shape index (κ2) is 7.39. The van der Waals surface area contributed by atoms with Crippen LogP contribution in [0, 0.1) is 0 Å². The van der Waals surface area contributed by atoms with E-state index in [1.54, 1.807) is 44.2 Å². The number of rotatable bonds is 6. The van der Waals surface area contributed by atoms with Crippen molar-refractivity contribution in [3.8, 4) is 23.2 Å². The van der Waals surface area contributed by atoms with Gasteiger partial charge in [0.1, 0.15) is 12.0 Å². The quantitative estimate of drug-likeness (QED) is 0.547. The molecule has 1 N–H and O–H groups in total. The summed E-state index contributed by atoms with van der Waals surface area (Å²) in [5.41, 5.74) is 1.45. The number of nitrogens with zero attached hydrogens (tertiary/aromatic N) is 5. The van der Waals surface area contributed by atoms with Gasteiger partial charge >= 0.3 is 0 Å². The van der Waals surface area contributed by atoms with Gasteiger partial charge in [0.15, 0.2) is 11.5 Å². The van der Waals surface area contributed by atoms with Crippen LogP contribution in [0.2, 0.25) is 0 Å². The van der Waals surface area contributed by atoms with Crippen LogP contribution >= 0.6 is 0 Å². The molecule has 0 amide bonds. The summed E-state index contributed by atoms with van der Waals surface area (Å²) in [5.74, 6) is 2.39. The van der Waals surface area contributed by atoms with E-state index >= 15 is 0 Å². The van der Waals surface area contributed by atoms with Crippen molar-refractivity contribution in [1.29, 1.82) is 0 Å². The maximum atomic E-state index is 5.38. The van der Waals surface area contributed by atoms with Gasteiger partial charge in [-0.1, -0.05) is 0 Å². The smallest absolute Gasteiger partial charge is 0.240 e. The van der Waals surface area contributed by atoms with E-state index < -0.39 is 0 Å². The van der Waals surface area contributed by atoms with E-state index in [1.165, 1.54) is 6.33 Å². The number of pyridine rings is 1. The average Bonchev–Trinajstić information content (AvgIpc) is 3.17. The van der Waals surface area contributed by atoms with Crippen molar-refractivity contribution in [2.24, 2.45) is 0 Å². The molecule has 4 rings (SSSR count). The number of hydrogen-bond acceptors (Lipinski definition) is 8. The largest absolute Gasteiger partial charge is 0.493 e. The SMILES string of the molecule is COc1cc(Nc2ncnc(-n3ccc4cccnc43)n2)cc(OC)c1OC. The number of nitrogens with one attached hydrogen (secondary N) is 1. The van der Waals surface area contributed by atoms with Crippen LogP contribution < -0.4 is 19.5 Å². The highest BCUT2D eigenvalue weighted by molar-refractivity contribution is 5.77. The summed E-state index contributed by atoms with van der Waals surface area (Å²) in [6, 6.07) is 9.37. The van der Waals surface area contributed by atoms with E-state index in [2.05, 4.69) is 25.3 Å². The first-order chi connectivity index (χ1) is 13.7. The Morgan fingerprint density at radius 3 is 2.43 bits per heavy atom. The van der Waals surface area contributed by atoms with Gasteiger partial charge in [-0.3, -0.25) is 4.57 Å². The zero-order valence-electron chi connectivity index (χ0n) is 15.6. The molecule has 0 aliphatic heterocycles. The Labute approximate surface area is 161 Å². The van der Waals surface area contributed by atoms with Crippen molar-refractivity contribution in [2.45, 2.75) is 0 Å². The summed E-state index contributed by atoms with van der Waals surface area (Å²) >= 11 is 0. The van der Waals surface area contributed by atoms with E-state index in [0.717, 1.165) is 11.0 Å². The van der Waals surface area contributed by atoms with Gasteiger partial charge in [0.05, 0.1) is 21.3 Å². The minimum atomic E-state index is 0.372. The maximum Gasteiger partial charge on any atom is 0.240 e. The number of anilines is 2. The Hall–Kier alpha value is -3.88. The summed E-state index contributed by atoms with van der Waals surface area (Å²) in [6.07, 6.45) is 5.04. The molecule has 1 aromatic carbocycles. The predicted molar refractivity (Wildman–Crippen MR) is 104 cm³/mol. The van der Waals surface area contributed by atoms with Crippen LogP contribution in [0.25, 0.3) is 17.0 Å². The summed E-state index contributed by atoms with van der Waals surface area (Å²) in [7, 11) is 4.68.